The second-order valence-corrected chi connectivity index (χ2v) is 5.35. The normalized spacial score (nSPS) is 30.4. The van der Waals surface area contributed by atoms with Crippen molar-refractivity contribution in [3.8, 4) is 0 Å². The van der Waals surface area contributed by atoms with Gasteiger partial charge in [0.1, 0.15) is 0 Å². The van der Waals surface area contributed by atoms with Crippen LogP contribution in [0, 0.1) is 5.92 Å². The Morgan fingerprint density at radius 1 is 1.33 bits per heavy atom. The topological polar surface area (TPSA) is 29.3 Å². The number of rotatable bonds is 5. The maximum Gasteiger partial charge on any atom is 0.00694 e. The summed E-state index contributed by atoms with van der Waals surface area (Å²) in [5.41, 5.74) is 6.05. The first-order valence-electron chi connectivity index (χ1n) is 6.63. The second kappa shape index (κ2) is 6.49. The summed E-state index contributed by atoms with van der Waals surface area (Å²) in [6, 6.07) is 1.18. The zero-order chi connectivity index (χ0) is 11.3. The first-order valence-corrected chi connectivity index (χ1v) is 6.63. The molecule has 1 rings (SSSR count). The lowest BCUT2D eigenvalue weighted by atomic mass is 9.93. The molecule has 0 bridgehead atoms. The minimum Gasteiger partial charge on any atom is -0.328 e. The number of nitrogens with two attached hydrogens (primary N) is 1. The minimum absolute atomic E-state index is 0.418. The van der Waals surface area contributed by atoms with Crippen LogP contribution in [0.5, 0.6) is 0 Å². The van der Waals surface area contributed by atoms with E-state index in [1.165, 1.54) is 45.2 Å². The summed E-state index contributed by atoms with van der Waals surface area (Å²) in [4.78, 5) is 2.62. The van der Waals surface area contributed by atoms with Crippen LogP contribution in [0.4, 0.5) is 0 Å². The third kappa shape index (κ3) is 4.52. The standard InChI is InChI=1S/C13H28N2/c1-4-5-13(14)7-9-15-8-6-11(2)10-12(15)3/h11-13H,4-10,14H2,1-3H3. The van der Waals surface area contributed by atoms with Gasteiger partial charge in [0.25, 0.3) is 0 Å². The largest absolute Gasteiger partial charge is 0.328 e. The number of hydrogen-bond donors (Lipinski definition) is 1. The van der Waals surface area contributed by atoms with Gasteiger partial charge in [0.05, 0.1) is 0 Å². The molecule has 3 atom stereocenters. The quantitative estimate of drug-likeness (QED) is 0.759. The summed E-state index contributed by atoms with van der Waals surface area (Å²) in [6.07, 6.45) is 6.30. The highest BCUT2D eigenvalue weighted by Crippen LogP contribution is 2.22. The van der Waals surface area contributed by atoms with E-state index in [0.717, 1.165) is 12.0 Å². The average molecular weight is 212 g/mol. The summed E-state index contributed by atoms with van der Waals surface area (Å²) < 4.78 is 0. The molecule has 0 aromatic rings. The molecule has 2 nitrogen and oxygen atoms in total. The van der Waals surface area contributed by atoms with Crippen molar-refractivity contribution >= 4 is 0 Å². The van der Waals surface area contributed by atoms with Crippen molar-refractivity contribution in [3.63, 3.8) is 0 Å². The molecule has 1 aliphatic rings. The van der Waals surface area contributed by atoms with Gasteiger partial charge < -0.3 is 10.6 Å². The maximum atomic E-state index is 6.05. The average Bonchev–Trinajstić information content (AvgIpc) is 2.17. The first-order chi connectivity index (χ1) is 7.13. The first kappa shape index (κ1) is 13.0. The van der Waals surface area contributed by atoms with E-state index in [-0.39, 0.29) is 0 Å². The number of piperidine rings is 1. The van der Waals surface area contributed by atoms with E-state index in [1.807, 2.05) is 0 Å². The van der Waals surface area contributed by atoms with Crippen LogP contribution in [0.1, 0.15) is 52.9 Å². The summed E-state index contributed by atoms with van der Waals surface area (Å²) in [7, 11) is 0. The Kier molecular flexibility index (Phi) is 5.62. The molecule has 0 spiro atoms. The van der Waals surface area contributed by atoms with Crippen molar-refractivity contribution in [2.45, 2.75) is 65.0 Å². The molecule has 15 heavy (non-hydrogen) atoms. The lowest BCUT2D eigenvalue weighted by molar-refractivity contribution is 0.125. The highest BCUT2D eigenvalue weighted by molar-refractivity contribution is 4.77. The van der Waals surface area contributed by atoms with Crippen LogP contribution in [-0.2, 0) is 0 Å². The van der Waals surface area contributed by atoms with Crippen LogP contribution in [0.2, 0.25) is 0 Å². The Balaban J connectivity index is 2.20. The van der Waals surface area contributed by atoms with Gasteiger partial charge in [0, 0.05) is 12.1 Å². The molecule has 0 aliphatic carbocycles. The van der Waals surface area contributed by atoms with E-state index in [0.29, 0.717) is 6.04 Å². The molecule has 0 aromatic carbocycles. The fourth-order valence-corrected chi connectivity index (χ4v) is 2.63. The van der Waals surface area contributed by atoms with Gasteiger partial charge in [0.2, 0.25) is 0 Å². The molecule has 1 saturated heterocycles. The Bertz CT molecular complexity index is 170. The second-order valence-electron chi connectivity index (χ2n) is 5.35. The summed E-state index contributed by atoms with van der Waals surface area (Å²) in [5, 5.41) is 0. The predicted octanol–water partition coefficient (Wildman–Crippen LogP) is 2.62. The van der Waals surface area contributed by atoms with Crippen LogP contribution in [0.25, 0.3) is 0 Å². The molecular weight excluding hydrogens is 184 g/mol. The molecule has 2 heteroatoms. The van der Waals surface area contributed by atoms with Crippen LogP contribution >= 0.6 is 0 Å². The minimum atomic E-state index is 0.418. The predicted molar refractivity (Wildman–Crippen MR) is 66.9 cm³/mol. The van der Waals surface area contributed by atoms with Crippen molar-refractivity contribution < 1.29 is 0 Å². The van der Waals surface area contributed by atoms with Gasteiger partial charge in [0.15, 0.2) is 0 Å². The highest BCUT2D eigenvalue weighted by atomic mass is 15.2. The molecule has 1 fully saturated rings. The molecule has 0 radical (unpaired) electrons. The van der Waals surface area contributed by atoms with Gasteiger partial charge in [-0.1, -0.05) is 20.3 Å². The molecule has 0 saturated carbocycles. The van der Waals surface area contributed by atoms with E-state index >= 15 is 0 Å². The van der Waals surface area contributed by atoms with Gasteiger partial charge in [-0.25, -0.2) is 0 Å². The fourth-order valence-electron chi connectivity index (χ4n) is 2.63. The van der Waals surface area contributed by atoms with Crippen LogP contribution in [0.3, 0.4) is 0 Å². The molecule has 1 heterocycles. The monoisotopic (exact) mass is 212 g/mol. The Labute approximate surface area is 95.2 Å². The molecule has 2 N–H and O–H groups in total. The van der Waals surface area contributed by atoms with Crippen LogP contribution < -0.4 is 5.73 Å². The molecule has 3 unspecified atom stereocenters. The molecule has 1 aliphatic heterocycles. The maximum absolute atomic E-state index is 6.05. The van der Waals surface area contributed by atoms with Gasteiger partial charge in [-0.05, 0) is 51.6 Å². The van der Waals surface area contributed by atoms with E-state index in [4.69, 9.17) is 5.73 Å². The van der Waals surface area contributed by atoms with Crippen molar-refractivity contribution in [1.29, 1.82) is 0 Å². The molecular formula is C13H28N2. The Hall–Kier alpha value is -0.0800. The zero-order valence-corrected chi connectivity index (χ0v) is 10.7. The summed E-state index contributed by atoms with van der Waals surface area (Å²) in [5.74, 6) is 0.917. The Morgan fingerprint density at radius 2 is 2.07 bits per heavy atom. The van der Waals surface area contributed by atoms with Crippen molar-refractivity contribution in [1.82, 2.24) is 4.90 Å². The van der Waals surface area contributed by atoms with Crippen molar-refractivity contribution in [2.24, 2.45) is 11.7 Å². The van der Waals surface area contributed by atoms with E-state index < -0.39 is 0 Å². The number of likely N-dealkylation sites (tertiary alicyclic amines) is 1. The lowest BCUT2D eigenvalue weighted by Gasteiger charge is -2.37. The summed E-state index contributed by atoms with van der Waals surface area (Å²) >= 11 is 0. The van der Waals surface area contributed by atoms with Crippen LogP contribution in [-0.4, -0.2) is 30.1 Å². The molecule has 0 amide bonds. The third-order valence-electron chi connectivity index (χ3n) is 3.72. The fraction of sp³-hybridized carbons (Fsp3) is 1.00. The van der Waals surface area contributed by atoms with E-state index in [1.54, 1.807) is 0 Å². The van der Waals surface area contributed by atoms with Gasteiger partial charge in [-0.15, -0.1) is 0 Å². The van der Waals surface area contributed by atoms with E-state index in [2.05, 4.69) is 25.7 Å². The van der Waals surface area contributed by atoms with Gasteiger partial charge >= 0.3 is 0 Å². The SMILES string of the molecule is CCCC(N)CCN1CCC(C)CC1C. The van der Waals surface area contributed by atoms with Gasteiger partial charge in [-0.2, -0.15) is 0 Å². The Morgan fingerprint density at radius 3 is 2.67 bits per heavy atom. The van der Waals surface area contributed by atoms with Gasteiger partial charge in [-0.3, -0.25) is 0 Å². The van der Waals surface area contributed by atoms with Crippen molar-refractivity contribution in [2.75, 3.05) is 13.1 Å². The number of nitrogens with zero attached hydrogens (tertiary/aromatic N) is 1. The molecule has 0 aromatic heterocycles. The lowest BCUT2D eigenvalue weighted by Crippen LogP contribution is -2.42. The zero-order valence-electron chi connectivity index (χ0n) is 10.7. The van der Waals surface area contributed by atoms with Crippen LogP contribution in [0.15, 0.2) is 0 Å². The summed E-state index contributed by atoms with van der Waals surface area (Å²) in [6.45, 7) is 9.43. The smallest absolute Gasteiger partial charge is 0.00694 e. The van der Waals surface area contributed by atoms with Crippen molar-refractivity contribution in [3.05, 3.63) is 0 Å². The highest BCUT2D eigenvalue weighted by Gasteiger charge is 2.22. The molecule has 90 valence electrons. The van der Waals surface area contributed by atoms with E-state index in [9.17, 15) is 0 Å². The third-order valence-corrected chi connectivity index (χ3v) is 3.72. The number of hydrogen-bond acceptors (Lipinski definition) is 2.